The molecule has 4 N–H and O–H groups in total. The van der Waals surface area contributed by atoms with Crippen LogP contribution in [0, 0.1) is 0 Å². The average Bonchev–Trinajstić information content (AvgIpc) is 3.18. The maximum Gasteiger partial charge on any atom is 0.201 e. The lowest BCUT2D eigenvalue weighted by Gasteiger charge is -2.40. The first kappa shape index (κ1) is 32.0. The van der Waals surface area contributed by atoms with Gasteiger partial charge >= 0.3 is 0 Å². The van der Waals surface area contributed by atoms with E-state index in [2.05, 4.69) is 114 Å². The molecule has 3 aliphatic rings. The lowest BCUT2D eigenvalue weighted by Crippen LogP contribution is -2.49. The molecule has 262 valence electrons. The molecule has 1 atom stereocenters. The predicted molar refractivity (Wildman–Crippen MR) is 219 cm³/mol. The van der Waals surface area contributed by atoms with Gasteiger partial charge in [-0.15, -0.1) is 0 Å². The van der Waals surface area contributed by atoms with E-state index in [0.29, 0.717) is 41.2 Å². The molecular formula is C48H38N4O2. The van der Waals surface area contributed by atoms with Crippen LogP contribution in [0.2, 0.25) is 0 Å². The fourth-order valence-corrected chi connectivity index (χ4v) is 8.79. The quantitative estimate of drug-likeness (QED) is 0.134. The number of hydrogen-bond acceptors (Lipinski definition) is 6. The van der Waals surface area contributed by atoms with Gasteiger partial charge in [0.2, 0.25) is 5.78 Å². The van der Waals surface area contributed by atoms with E-state index < -0.39 is 11.3 Å². The average molecular weight is 703 g/mol. The number of carbonyl (C=O) groups is 1. The summed E-state index contributed by atoms with van der Waals surface area (Å²) in [6, 6.07) is 51.6. The van der Waals surface area contributed by atoms with Crippen LogP contribution in [0.1, 0.15) is 29.2 Å². The van der Waals surface area contributed by atoms with Gasteiger partial charge in [-0.25, -0.2) is 0 Å². The van der Waals surface area contributed by atoms with Gasteiger partial charge in [0.25, 0.3) is 0 Å². The van der Waals surface area contributed by atoms with Gasteiger partial charge in [0, 0.05) is 52.2 Å². The number of nitrogens with zero attached hydrogens (tertiary/aromatic N) is 1. The number of allylic oxidation sites excluding steroid dienone is 2. The predicted octanol–water partition coefficient (Wildman–Crippen LogP) is 8.72. The van der Waals surface area contributed by atoms with Crippen LogP contribution in [0.25, 0.3) is 32.7 Å². The van der Waals surface area contributed by atoms with Crippen LogP contribution < -0.4 is 26.5 Å². The maximum atomic E-state index is 14.6. The molecule has 0 saturated carbocycles. The Balaban J connectivity index is 1.16. The van der Waals surface area contributed by atoms with Gasteiger partial charge < -0.3 is 21.1 Å². The normalized spacial score (nSPS) is 19.0. The monoisotopic (exact) mass is 702 g/mol. The summed E-state index contributed by atoms with van der Waals surface area (Å²) in [5, 5.41) is 28.8. The van der Waals surface area contributed by atoms with Crippen LogP contribution in [0.5, 0.6) is 0 Å². The van der Waals surface area contributed by atoms with Crippen molar-refractivity contribution in [1.82, 2.24) is 0 Å². The SMILES string of the molecule is CC1(Cc2ccccc2)Nc2cccc3ccc(C4=C(O)C(=c5ccc6cccc7c6c5=NC(Cc5ccccc5)(Cc5ccccc5)N7)C4=O)c(c23)N1. The summed E-state index contributed by atoms with van der Waals surface area (Å²) < 4.78 is 0. The molecule has 1 unspecified atom stereocenters. The van der Waals surface area contributed by atoms with E-state index in [1.54, 1.807) is 0 Å². The third kappa shape index (κ3) is 5.25. The van der Waals surface area contributed by atoms with Crippen molar-refractivity contribution in [2.45, 2.75) is 37.5 Å². The van der Waals surface area contributed by atoms with Crippen LogP contribution in [-0.4, -0.2) is 22.2 Å². The van der Waals surface area contributed by atoms with Gasteiger partial charge in [0.15, 0.2) is 0 Å². The van der Waals surface area contributed by atoms with Crippen molar-refractivity contribution in [2.75, 3.05) is 16.0 Å². The van der Waals surface area contributed by atoms with Gasteiger partial charge in [0.05, 0.1) is 22.2 Å². The number of aliphatic hydroxyl groups is 1. The zero-order valence-electron chi connectivity index (χ0n) is 29.9. The lowest BCUT2D eigenvalue weighted by atomic mass is 9.79. The first-order valence-electron chi connectivity index (χ1n) is 18.5. The summed E-state index contributed by atoms with van der Waals surface area (Å²) in [5.74, 6) is -0.194. The Hall–Kier alpha value is -6.66. The van der Waals surface area contributed by atoms with Gasteiger partial charge in [-0.1, -0.05) is 140 Å². The fraction of sp³-hybridized carbons (Fsp3) is 0.125. The largest absolute Gasteiger partial charge is 0.506 e. The molecule has 0 spiro atoms. The molecule has 7 aromatic carbocycles. The molecule has 0 saturated heterocycles. The second-order valence-corrected chi connectivity index (χ2v) is 15.0. The van der Waals surface area contributed by atoms with Crippen molar-refractivity contribution in [3.63, 3.8) is 0 Å². The van der Waals surface area contributed by atoms with E-state index in [9.17, 15) is 9.90 Å². The van der Waals surface area contributed by atoms with Crippen molar-refractivity contribution in [3.8, 4) is 0 Å². The van der Waals surface area contributed by atoms with Crippen LogP contribution in [-0.2, 0) is 24.1 Å². The summed E-state index contributed by atoms with van der Waals surface area (Å²) in [5.41, 5.74) is 6.32. The van der Waals surface area contributed by atoms with E-state index in [4.69, 9.17) is 4.99 Å². The molecule has 54 heavy (non-hydrogen) atoms. The van der Waals surface area contributed by atoms with Crippen molar-refractivity contribution < 1.29 is 9.90 Å². The topological polar surface area (TPSA) is 85.8 Å². The Labute approximate surface area is 313 Å². The van der Waals surface area contributed by atoms with Crippen molar-refractivity contribution in [3.05, 3.63) is 190 Å². The van der Waals surface area contributed by atoms with Gasteiger partial charge in [0.1, 0.15) is 17.1 Å². The van der Waals surface area contributed by atoms with Crippen LogP contribution in [0.4, 0.5) is 17.1 Å². The molecule has 7 aromatic rings. The number of ketones is 1. The van der Waals surface area contributed by atoms with E-state index in [-0.39, 0.29) is 11.5 Å². The Morgan fingerprint density at radius 1 is 0.556 bits per heavy atom. The molecule has 0 aromatic heterocycles. The minimum absolute atomic E-state index is 0.00305. The molecule has 6 nitrogen and oxygen atoms in total. The van der Waals surface area contributed by atoms with E-state index in [0.717, 1.165) is 55.1 Å². The van der Waals surface area contributed by atoms with Crippen LogP contribution in [0.15, 0.2) is 162 Å². The van der Waals surface area contributed by atoms with Gasteiger partial charge in [-0.2, -0.15) is 0 Å². The van der Waals surface area contributed by atoms with Crippen molar-refractivity contribution in [2.24, 2.45) is 4.99 Å². The standard InChI is InChI=1S/C48H38N4O2/c1-47(27-30-13-5-2-6-14-30)49-37-21-11-19-33-23-25-35(43(51-47)39(33)37)41-45(53)42(46(41)54)36-26-24-34-20-12-22-38-40(34)44(36)52-48(50-38,28-31-15-7-3-8-16-31)29-32-17-9-4-10-18-32/h2-26,49-51,53H,27-29H2,1H3. The molecule has 2 heterocycles. The number of nitrogens with one attached hydrogen (secondary N) is 3. The van der Waals surface area contributed by atoms with E-state index >= 15 is 0 Å². The second kappa shape index (κ2) is 12.2. The third-order valence-electron chi connectivity index (χ3n) is 11.1. The highest BCUT2D eigenvalue weighted by Gasteiger charge is 2.41. The molecule has 10 rings (SSSR count). The smallest absolute Gasteiger partial charge is 0.201 e. The molecule has 2 aliphatic heterocycles. The highest BCUT2D eigenvalue weighted by atomic mass is 16.3. The molecule has 6 heteroatoms. The first-order chi connectivity index (χ1) is 26.4. The molecule has 0 amide bonds. The Morgan fingerprint density at radius 2 is 1.11 bits per heavy atom. The van der Waals surface area contributed by atoms with Gasteiger partial charge in [-0.05, 0) is 46.5 Å². The fourth-order valence-electron chi connectivity index (χ4n) is 8.79. The van der Waals surface area contributed by atoms with Gasteiger partial charge in [-0.3, -0.25) is 9.79 Å². The number of carbonyl (C=O) groups excluding carboxylic acids is 1. The second-order valence-electron chi connectivity index (χ2n) is 15.0. The zero-order chi connectivity index (χ0) is 36.4. The molecule has 0 radical (unpaired) electrons. The van der Waals surface area contributed by atoms with Crippen LogP contribution >= 0.6 is 0 Å². The molecule has 0 bridgehead atoms. The summed E-state index contributed by atoms with van der Waals surface area (Å²) in [6.07, 6.45) is 1.97. The Morgan fingerprint density at radius 3 is 1.72 bits per heavy atom. The Kier molecular flexibility index (Phi) is 7.24. The summed E-state index contributed by atoms with van der Waals surface area (Å²) in [4.78, 5) is 20.2. The number of Topliss-reactive ketones (excluding diaryl/α,β-unsaturated/α-hetero) is 1. The minimum Gasteiger partial charge on any atom is -0.506 e. The third-order valence-corrected chi connectivity index (χ3v) is 11.1. The number of anilines is 3. The van der Waals surface area contributed by atoms with E-state index in [1.807, 2.05) is 60.7 Å². The Bertz CT molecular complexity index is 2770. The minimum atomic E-state index is -0.741. The maximum absolute atomic E-state index is 14.6. The number of aliphatic hydroxyl groups excluding tert-OH is 1. The van der Waals surface area contributed by atoms with E-state index in [1.165, 1.54) is 5.56 Å². The number of rotatable bonds is 7. The van der Waals surface area contributed by atoms with Crippen LogP contribution in [0.3, 0.4) is 0 Å². The van der Waals surface area contributed by atoms with Crippen molar-refractivity contribution >= 4 is 55.5 Å². The zero-order valence-corrected chi connectivity index (χ0v) is 29.9. The molecule has 1 aliphatic carbocycles. The number of hydrogen-bond donors (Lipinski definition) is 4. The molecular weight excluding hydrogens is 665 g/mol. The number of benzene rings is 7. The molecule has 0 fully saturated rings. The summed E-state index contributed by atoms with van der Waals surface area (Å²) in [6.45, 7) is 2.14. The summed E-state index contributed by atoms with van der Waals surface area (Å²) in [7, 11) is 0. The first-order valence-corrected chi connectivity index (χ1v) is 18.5. The van der Waals surface area contributed by atoms with Crippen molar-refractivity contribution in [1.29, 1.82) is 0 Å². The summed E-state index contributed by atoms with van der Waals surface area (Å²) >= 11 is 0. The lowest BCUT2D eigenvalue weighted by molar-refractivity contribution is -0.109. The highest BCUT2D eigenvalue weighted by Crippen LogP contribution is 2.47. The highest BCUT2D eigenvalue weighted by molar-refractivity contribution is 6.52.